The van der Waals surface area contributed by atoms with Crippen LogP contribution in [-0.2, 0) is 17.6 Å². The van der Waals surface area contributed by atoms with Crippen LogP contribution in [0.5, 0.6) is 0 Å². The summed E-state index contributed by atoms with van der Waals surface area (Å²) in [5.74, 6) is 0. The molecule has 0 atom stereocenters. The van der Waals surface area contributed by atoms with E-state index in [4.69, 9.17) is 10.5 Å². The van der Waals surface area contributed by atoms with Gasteiger partial charge in [-0.25, -0.2) is 4.79 Å². The minimum atomic E-state index is -0.477. The molecule has 2 N–H and O–H groups in total. The number of hydrogen-bond donors (Lipinski definition) is 1. The van der Waals surface area contributed by atoms with Gasteiger partial charge in [0, 0.05) is 33.0 Å². The van der Waals surface area contributed by atoms with E-state index >= 15 is 0 Å². The first-order valence-electron chi connectivity index (χ1n) is 9.04. The average Bonchev–Trinajstić information content (AvgIpc) is 2.78. The molecular weight excluding hydrogens is 424 g/mol. The summed E-state index contributed by atoms with van der Waals surface area (Å²) >= 11 is 5.13. The van der Waals surface area contributed by atoms with Crippen LogP contribution in [0.3, 0.4) is 0 Å². The third-order valence-electron chi connectivity index (χ3n) is 4.33. The Balaban J connectivity index is 1.75. The fraction of sp³-hybridized carbons (Fsp3) is 0.381. The van der Waals surface area contributed by atoms with Gasteiger partial charge in [0.2, 0.25) is 0 Å². The molecule has 27 heavy (non-hydrogen) atoms. The van der Waals surface area contributed by atoms with Gasteiger partial charge in [-0.2, -0.15) is 0 Å². The molecule has 0 fully saturated rings. The Morgan fingerprint density at radius 2 is 1.70 bits per heavy atom. The fourth-order valence-electron chi connectivity index (χ4n) is 3.00. The molecule has 1 amide bonds. The lowest BCUT2D eigenvalue weighted by atomic mass is 10.0. The second-order valence-electron chi connectivity index (χ2n) is 7.68. The smallest absolute Gasteiger partial charge is 0.410 e. The zero-order chi connectivity index (χ0) is 19.6. The highest BCUT2D eigenvalue weighted by Gasteiger charge is 2.24. The fourth-order valence-corrected chi connectivity index (χ4v) is 4.17. The normalized spacial score (nSPS) is 14.4. The Morgan fingerprint density at radius 3 is 2.30 bits per heavy atom. The number of carbonyl (C=O) groups excluding carboxylic acids is 1. The van der Waals surface area contributed by atoms with Crippen LogP contribution in [0.15, 0.2) is 50.7 Å². The molecule has 1 aliphatic rings. The maximum absolute atomic E-state index is 12.4. The van der Waals surface area contributed by atoms with E-state index in [0.717, 1.165) is 32.8 Å². The zero-order valence-electron chi connectivity index (χ0n) is 15.9. The highest BCUT2D eigenvalue weighted by Crippen LogP contribution is 2.35. The highest BCUT2D eigenvalue weighted by atomic mass is 79.9. The van der Waals surface area contributed by atoms with Crippen LogP contribution in [0, 0.1) is 0 Å². The van der Waals surface area contributed by atoms with Crippen LogP contribution in [-0.4, -0.2) is 29.7 Å². The van der Waals surface area contributed by atoms with E-state index in [0.29, 0.717) is 13.1 Å². The van der Waals surface area contributed by atoms with Crippen molar-refractivity contribution in [1.29, 1.82) is 0 Å². The van der Waals surface area contributed by atoms with Crippen molar-refractivity contribution < 1.29 is 9.53 Å². The van der Waals surface area contributed by atoms with Gasteiger partial charge in [-0.15, -0.1) is 0 Å². The molecule has 0 saturated heterocycles. The summed E-state index contributed by atoms with van der Waals surface area (Å²) in [7, 11) is 0. The van der Waals surface area contributed by atoms with Gasteiger partial charge in [0.05, 0.1) is 0 Å². The lowest BCUT2D eigenvalue weighted by Crippen LogP contribution is -2.38. The molecule has 6 heteroatoms. The quantitative estimate of drug-likeness (QED) is 0.614. The first-order chi connectivity index (χ1) is 12.7. The predicted molar refractivity (Wildman–Crippen MR) is 114 cm³/mol. The van der Waals surface area contributed by atoms with Crippen molar-refractivity contribution in [1.82, 2.24) is 4.90 Å². The van der Waals surface area contributed by atoms with Gasteiger partial charge in [-0.3, -0.25) is 0 Å². The van der Waals surface area contributed by atoms with Gasteiger partial charge < -0.3 is 15.4 Å². The number of nitrogen functional groups attached to an aromatic ring is 1. The van der Waals surface area contributed by atoms with Crippen molar-refractivity contribution in [3.63, 3.8) is 0 Å². The Kier molecular flexibility index (Phi) is 6.06. The summed E-state index contributed by atoms with van der Waals surface area (Å²) in [4.78, 5) is 16.4. The molecule has 1 heterocycles. The average molecular weight is 449 g/mol. The lowest BCUT2D eigenvalue weighted by molar-refractivity contribution is 0.0258. The molecule has 0 unspecified atom stereocenters. The first-order valence-corrected chi connectivity index (χ1v) is 10.6. The van der Waals surface area contributed by atoms with Crippen molar-refractivity contribution in [2.45, 2.75) is 49.0 Å². The molecule has 2 aromatic rings. The van der Waals surface area contributed by atoms with Crippen molar-refractivity contribution in [2.75, 3.05) is 18.8 Å². The van der Waals surface area contributed by atoms with Crippen molar-refractivity contribution in [3.05, 3.63) is 52.0 Å². The number of nitrogens with zero attached hydrogens (tertiary/aromatic N) is 1. The second-order valence-corrected chi connectivity index (χ2v) is 9.71. The Bertz CT molecular complexity index is 831. The number of halogens is 1. The maximum atomic E-state index is 12.4. The van der Waals surface area contributed by atoms with Crippen LogP contribution < -0.4 is 5.73 Å². The van der Waals surface area contributed by atoms with Crippen molar-refractivity contribution >= 4 is 39.5 Å². The van der Waals surface area contributed by atoms with E-state index in [2.05, 4.69) is 40.2 Å². The van der Waals surface area contributed by atoms with Gasteiger partial charge in [0.1, 0.15) is 5.60 Å². The van der Waals surface area contributed by atoms with Gasteiger partial charge in [-0.05, 0) is 81.1 Å². The number of carbonyl (C=O) groups is 1. The molecule has 1 aliphatic heterocycles. The largest absolute Gasteiger partial charge is 0.444 e. The van der Waals surface area contributed by atoms with Crippen LogP contribution in [0.25, 0.3) is 0 Å². The highest BCUT2D eigenvalue weighted by molar-refractivity contribution is 9.10. The van der Waals surface area contributed by atoms with Gasteiger partial charge in [-0.1, -0.05) is 27.7 Å². The number of amides is 1. The molecule has 0 aliphatic carbocycles. The molecule has 0 saturated carbocycles. The van der Waals surface area contributed by atoms with Crippen molar-refractivity contribution in [2.24, 2.45) is 0 Å². The molecule has 144 valence electrons. The number of benzene rings is 2. The van der Waals surface area contributed by atoms with Crippen LogP contribution in [0.4, 0.5) is 10.5 Å². The van der Waals surface area contributed by atoms with E-state index in [1.54, 1.807) is 16.7 Å². The lowest BCUT2D eigenvalue weighted by Gasteiger charge is -2.26. The minimum absolute atomic E-state index is 0.243. The third-order valence-corrected chi connectivity index (χ3v) is 5.94. The molecular formula is C21H25BrN2O2S. The number of fused-ring (bicyclic) bond motifs is 1. The predicted octanol–water partition coefficient (Wildman–Crippen LogP) is 5.52. The van der Waals surface area contributed by atoms with Crippen LogP contribution >= 0.6 is 27.7 Å². The van der Waals surface area contributed by atoms with E-state index in [1.807, 2.05) is 32.9 Å². The van der Waals surface area contributed by atoms with E-state index in [1.165, 1.54) is 11.1 Å². The SMILES string of the molecule is CC(C)(C)OC(=O)N1CCc2cc(N)c(Sc3ccc(Br)cc3)cc2CC1. The monoisotopic (exact) mass is 448 g/mol. The maximum Gasteiger partial charge on any atom is 0.410 e. The summed E-state index contributed by atoms with van der Waals surface area (Å²) < 4.78 is 6.58. The molecule has 3 rings (SSSR count). The summed E-state index contributed by atoms with van der Waals surface area (Å²) in [6.45, 7) is 6.99. The Morgan fingerprint density at radius 1 is 1.11 bits per heavy atom. The standard InChI is InChI=1S/C21H25BrN2O2S/c1-21(2,3)26-20(25)24-10-8-14-12-18(23)19(13-15(14)9-11-24)27-17-6-4-16(22)5-7-17/h4-7,12-13H,8-11,23H2,1-3H3. The number of nitrogens with two attached hydrogens (primary N) is 1. The topological polar surface area (TPSA) is 55.6 Å². The molecule has 0 bridgehead atoms. The third kappa shape index (κ3) is 5.42. The Labute approximate surface area is 173 Å². The van der Waals surface area contributed by atoms with Gasteiger partial charge in [0.25, 0.3) is 0 Å². The first kappa shape index (κ1) is 20.1. The van der Waals surface area contributed by atoms with Crippen LogP contribution in [0.1, 0.15) is 31.9 Å². The van der Waals surface area contributed by atoms with E-state index < -0.39 is 5.60 Å². The van der Waals surface area contributed by atoms with Crippen LogP contribution in [0.2, 0.25) is 0 Å². The minimum Gasteiger partial charge on any atom is -0.444 e. The van der Waals surface area contributed by atoms with Gasteiger partial charge in [0.15, 0.2) is 0 Å². The zero-order valence-corrected chi connectivity index (χ0v) is 18.3. The summed E-state index contributed by atoms with van der Waals surface area (Å²) in [5, 5.41) is 0. The summed E-state index contributed by atoms with van der Waals surface area (Å²) in [6.07, 6.45) is 1.36. The summed E-state index contributed by atoms with van der Waals surface area (Å²) in [5.41, 5.74) is 9.10. The van der Waals surface area contributed by atoms with Crippen molar-refractivity contribution in [3.8, 4) is 0 Å². The number of hydrogen-bond acceptors (Lipinski definition) is 4. The Hall–Kier alpha value is -1.66. The molecule has 0 spiro atoms. The van der Waals surface area contributed by atoms with E-state index in [9.17, 15) is 4.79 Å². The molecule has 0 radical (unpaired) electrons. The molecule has 4 nitrogen and oxygen atoms in total. The van der Waals surface area contributed by atoms with E-state index in [-0.39, 0.29) is 6.09 Å². The number of anilines is 1. The molecule has 2 aromatic carbocycles. The second kappa shape index (κ2) is 8.15. The number of rotatable bonds is 2. The molecule has 0 aromatic heterocycles. The number of ether oxygens (including phenoxy) is 1. The summed E-state index contributed by atoms with van der Waals surface area (Å²) in [6, 6.07) is 12.4. The van der Waals surface area contributed by atoms with Gasteiger partial charge >= 0.3 is 6.09 Å².